The zero-order chi connectivity index (χ0) is 18.9. The molecule has 26 heavy (non-hydrogen) atoms. The van der Waals surface area contributed by atoms with E-state index in [0.29, 0.717) is 12.5 Å². The molecule has 2 aliphatic heterocycles. The zero-order valence-corrected chi connectivity index (χ0v) is 17.0. The van der Waals surface area contributed by atoms with Crippen LogP contribution in [0.5, 0.6) is 0 Å². The van der Waals surface area contributed by atoms with Crippen molar-refractivity contribution in [3.8, 4) is 0 Å². The molecule has 2 saturated heterocycles. The van der Waals surface area contributed by atoms with Crippen LogP contribution in [0, 0.1) is 5.92 Å². The van der Waals surface area contributed by atoms with Crippen LogP contribution in [0.1, 0.15) is 52.5 Å². The number of ether oxygens (including phenoxy) is 2. The fourth-order valence-corrected chi connectivity index (χ4v) is 4.14. The van der Waals surface area contributed by atoms with E-state index in [4.69, 9.17) is 21.1 Å². The lowest BCUT2D eigenvalue weighted by Crippen LogP contribution is -2.53. The van der Waals surface area contributed by atoms with E-state index in [-0.39, 0.29) is 17.8 Å². The Bertz CT molecular complexity index is 640. The molecule has 2 fully saturated rings. The Labute approximate surface area is 161 Å². The van der Waals surface area contributed by atoms with Crippen molar-refractivity contribution >= 4 is 17.7 Å². The highest BCUT2D eigenvalue weighted by atomic mass is 35.5. The first-order valence-corrected chi connectivity index (χ1v) is 9.92. The molecular weight excluding hydrogens is 350 g/mol. The third-order valence-corrected chi connectivity index (χ3v) is 5.54. The molecule has 2 heterocycles. The van der Waals surface area contributed by atoms with Crippen molar-refractivity contribution in [1.29, 1.82) is 0 Å². The molecule has 0 saturated carbocycles. The molecule has 0 unspecified atom stereocenters. The van der Waals surface area contributed by atoms with Gasteiger partial charge in [-0.3, -0.25) is 0 Å². The van der Waals surface area contributed by atoms with E-state index in [1.54, 1.807) is 0 Å². The summed E-state index contributed by atoms with van der Waals surface area (Å²) in [6.45, 7) is 9.36. The molecule has 0 radical (unpaired) electrons. The van der Waals surface area contributed by atoms with Gasteiger partial charge in [-0.15, -0.1) is 0 Å². The highest BCUT2D eigenvalue weighted by Crippen LogP contribution is 2.38. The van der Waals surface area contributed by atoms with Crippen LogP contribution in [0.15, 0.2) is 24.3 Å². The monoisotopic (exact) mass is 379 g/mol. The fraction of sp³-hybridized carbons (Fsp3) is 0.667. The Hall–Kier alpha value is -1.26. The average Bonchev–Trinajstić information content (AvgIpc) is 2.55. The number of halogens is 1. The zero-order valence-electron chi connectivity index (χ0n) is 16.3. The van der Waals surface area contributed by atoms with E-state index in [9.17, 15) is 4.79 Å². The van der Waals surface area contributed by atoms with Gasteiger partial charge >= 0.3 is 6.09 Å². The summed E-state index contributed by atoms with van der Waals surface area (Å²) in [5.41, 5.74) is 0.651. The average molecular weight is 380 g/mol. The Morgan fingerprint density at radius 1 is 1.31 bits per heavy atom. The lowest BCUT2D eigenvalue weighted by atomic mass is 9.80. The standard InChI is InChI=1S/C21H30ClNO3/c1-20(2,3)26-19(24)23-12-10-18-16(14-23)9-11-21(4,25-18)13-15-5-7-17(22)8-6-15/h5-8,16,18H,9-14H2,1-4H3/t16-,18+,21+/m0/s1. The SMILES string of the molecule is CC(C)(C)OC(=O)N1CC[C@H]2O[C@@](C)(Cc3ccc(Cl)cc3)CC[C@H]2C1. The first-order valence-electron chi connectivity index (χ1n) is 9.54. The van der Waals surface area contributed by atoms with Crippen LogP contribution in [0.25, 0.3) is 0 Å². The van der Waals surface area contributed by atoms with E-state index in [1.165, 1.54) is 5.56 Å². The summed E-state index contributed by atoms with van der Waals surface area (Å²) in [4.78, 5) is 14.2. The van der Waals surface area contributed by atoms with Gasteiger partial charge in [-0.2, -0.15) is 0 Å². The minimum Gasteiger partial charge on any atom is -0.444 e. The molecule has 3 atom stereocenters. The molecule has 5 heteroatoms. The highest BCUT2D eigenvalue weighted by Gasteiger charge is 2.42. The number of benzene rings is 1. The molecule has 1 amide bonds. The predicted molar refractivity (Wildman–Crippen MR) is 104 cm³/mol. The van der Waals surface area contributed by atoms with Gasteiger partial charge in [-0.1, -0.05) is 23.7 Å². The summed E-state index contributed by atoms with van der Waals surface area (Å²) in [5, 5.41) is 0.762. The van der Waals surface area contributed by atoms with Gasteiger partial charge < -0.3 is 14.4 Å². The molecule has 0 spiro atoms. The number of carbonyl (C=O) groups is 1. The fourth-order valence-electron chi connectivity index (χ4n) is 4.01. The van der Waals surface area contributed by atoms with Crippen LogP contribution in [0.2, 0.25) is 5.02 Å². The smallest absolute Gasteiger partial charge is 0.410 e. The molecule has 0 aromatic heterocycles. The maximum atomic E-state index is 12.3. The third kappa shape index (κ3) is 4.92. The van der Waals surface area contributed by atoms with Gasteiger partial charge in [0, 0.05) is 30.5 Å². The lowest BCUT2D eigenvalue weighted by molar-refractivity contribution is -0.161. The number of fused-ring (bicyclic) bond motifs is 1. The number of amides is 1. The van der Waals surface area contributed by atoms with Crippen LogP contribution in [0.3, 0.4) is 0 Å². The number of hydrogen-bond donors (Lipinski definition) is 0. The third-order valence-electron chi connectivity index (χ3n) is 5.29. The van der Waals surface area contributed by atoms with Crippen molar-refractivity contribution in [1.82, 2.24) is 4.90 Å². The number of carbonyl (C=O) groups excluding carboxylic acids is 1. The molecule has 0 N–H and O–H groups in total. The molecule has 4 nitrogen and oxygen atoms in total. The predicted octanol–water partition coefficient (Wildman–Crippen LogP) is 5.08. The van der Waals surface area contributed by atoms with Crippen molar-refractivity contribution in [3.05, 3.63) is 34.9 Å². The highest BCUT2D eigenvalue weighted by molar-refractivity contribution is 6.30. The van der Waals surface area contributed by atoms with Gasteiger partial charge in [0.25, 0.3) is 0 Å². The Kier molecular flexibility index (Phi) is 5.55. The second kappa shape index (κ2) is 7.40. The number of rotatable bonds is 2. The molecule has 1 aromatic rings. The molecule has 0 aliphatic carbocycles. The van der Waals surface area contributed by atoms with Crippen molar-refractivity contribution in [2.24, 2.45) is 5.92 Å². The van der Waals surface area contributed by atoms with Gasteiger partial charge in [0.2, 0.25) is 0 Å². The van der Waals surface area contributed by atoms with Crippen molar-refractivity contribution in [2.45, 2.75) is 70.7 Å². The molecular formula is C21H30ClNO3. The topological polar surface area (TPSA) is 38.8 Å². The van der Waals surface area contributed by atoms with Gasteiger partial charge in [0.05, 0.1) is 11.7 Å². The normalized spacial score (nSPS) is 29.2. The number of nitrogens with zero attached hydrogens (tertiary/aromatic N) is 1. The molecule has 2 aliphatic rings. The van der Waals surface area contributed by atoms with Crippen LogP contribution in [-0.4, -0.2) is 41.4 Å². The first kappa shape index (κ1) is 19.5. The Balaban J connectivity index is 1.57. The van der Waals surface area contributed by atoms with E-state index >= 15 is 0 Å². The summed E-state index contributed by atoms with van der Waals surface area (Å²) in [7, 11) is 0. The maximum absolute atomic E-state index is 12.3. The number of piperidine rings is 1. The minimum atomic E-state index is -0.450. The van der Waals surface area contributed by atoms with Crippen LogP contribution < -0.4 is 0 Å². The van der Waals surface area contributed by atoms with Crippen molar-refractivity contribution in [2.75, 3.05) is 13.1 Å². The summed E-state index contributed by atoms with van der Waals surface area (Å²) >= 11 is 5.99. The maximum Gasteiger partial charge on any atom is 0.410 e. The summed E-state index contributed by atoms with van der Waals surface area (Å²) in [5.74, 6) is 0.398. The lowest BCUT2D eigenvalue weighted by Gasteiger charge is -2.47. The first-order chi connectivity index (χ1) is 12.1. The van der Waals surface area contributed by atoms with Crippen LogP contribution in [-0.2, 0) is 15.9 Å². The number of hydrogen-bond acceptors (Lipinski definition) is 3. The molecule has 0 bridgehead atoms. The summed E-state index contributed by atoms with van der Waals surface area (Å²) < 4.78 is 12.1. The van der Waals surface area contributed by atoms with E-state index in [0.717, 1.165) is 37.3 Å². The second-order valence-electron chi connectivity index (χ2n) is 8.92. The minimum absolute atomic E-state index is 0.150. The quantitative estimate of drug-likeness (QED) is 0.719. The largest absolute Gasteiger partial charge is 0.444 e. The van der Waals surface area contributed by atoms with Crippen LogP contribution in [0.4, 0.5) is 4.79 Å². The summed E-state index contributed by atoms with van der Waals surface area (Å²) in [6, 6.07) is 8.03. The Morgan fingerprint density at radius 3 is 2.65 bits per heavy atom. The van der Waals surface area contributed by atoms with E-state index in [1.807, 2.05) is 37.8 Å². The van der Waals surface area contributed by atoms with Crippen molar-refractivity contribution < 1.29 is 14.3 Å². The van der Waals surface area contributed by atoms with E-state index in [2.05, 4.69) is 19.1 Å². The van der Waals surface area contributed by atoms with E-state index < -0.39 is 5.60 Å². The van der Waals surface area contributed by atoms with Gasteiger partial charge in [-0.25, -0.2) is 4.79 Å². The molecule has 144 valence electrons. The van der Waals surface area contributed by atoms with Gasteiger partial charge in [-0.05, 0) is 64.7 Å². The Morgan fingerprint density at radius 2 is 2.00 bits per heavy atom. The van der Waals surface area contributed by atoms with Crippen molar-refractivity contribution in [3.63, 3.8) is 0 Å². The second-order valence-corrected chi connectivity index (χ2v) is 9.36. The van der Waals surface area contributed by atoms with Gasteiger partial charge in [0.15, 0.2) is 0 Å². The molecule has 1 aromatic carbocycles. The number of likely N-dealkylation sites (tertiary alicyclic amines) is 1. The van der Waals surface area contributed by atoms with Crippen LogP contribution >= 0.6 is 11.6 Å². The summed E-state index contributed by atoms with van der Waals surface area (Å²) in [6.07, 6.45) is 3.86. The van der Waals surface area contributed by atoms with Gasteiger partial charge in [0.1, 0.15) is 5.60 Å². The molecule has 3 rings (SSSR count).